The van der Waals surface area contributed by atoms with Crippen molar-refractivity contribution in [1.82, 2.24) is 10.6 Å². The molecule has 0 fully saturated rings. The molecule has 2 N–H and O–H groups in total. The molecule has 0 aromatic heterocycles. The Morgan fingerprint density at radius 1 is 1.33 bits per heavy atom. The van der Waals surface area contributed by atoms with Gasteiger partial charge in [0.2, 0.25) is 12.3 Å². The second-order valence-electron chi connectivity index (χ2n) is 3.23. The largest absolute Gasteiger partial charge is 0.355 e. The molecule has 4 heteroatoms. The Bertz CT molecular complexity index is 350. The van der Waals surface area contributed by atoms with Crippen molar-refractivity contribution in [1.29, 1.82) is 0 Å². The third kappa shape index (κ3) is 4.26. The highest BCUT2D eigenvalue weighted by Crippen LogP contribution is 2.04. The van der Waals surface area contributed by atoms with Crippen LogP contribution in [0.15, 0.2) is 24.3 Å². The van der Waals surface area contributed by atoms with E-state index in [0.717, 1.165) is 11.1 Å². The van der Waals surface area contributed by atoms with Crippen LogP contribution in [0.1, 0.15) is 18.1 Å². The fourth-order valence-electron chi connectivity index (χ4n) is 1.24. The van der Waals surface area contributed by atoms with Crippen LogP contribution in [0.5, 0.6) is 0 Å². The quantitative estimate of drug-likeness (QED) is 0.692. The molecular weight excluding hydrogens is 192 g/mol. The molecule has 0 radical (unpaired) electrons. The molecule has 0 spiro atoms. The molecule has 0 aliphatic carbocycles. The van der Waals surface area contributed by atoms with Gasteiger partial charge in [-0.1, -0.05) is 24.3 Å². The molecule has 0 atom stereocenters. The normalized spacial score (nSPS) is 9.40. The molecule has 0 heterocycles. The van der Waals surface area contributed by atoms with Gasteiger partial charge in [-0.2, -0.15) is 0 Å². The van der Waals surface area contributed by atoms with Crippen LogP contribution in [0.3, 0.4) is 0 Å². The number of hydrogen-bond acceptors (Lipinski definition) is 2. The van der Waals surface area contributed by atoms with E-state index in [0.29, 0.717) is 19.5 Å². The summed E-state index contributed by atoms with van der Waals surface area (Å²) in [5.74, 6) is -0.0496. The lowest BCUT2D eigenvalue weighted by molar-refractivity contribution is -0.119. The van der Waals surface area contributed by atoms with Gasteiger partial charge in [-0.15, -0.1) is 0 Å². The Kier molecular flexibility index (Phi) is 4.34. The van der Waals surface area contributed by atoms with E-state index in [1.54, 1.807) is 0 Å². The van der Waals surface area contributed by atoms with Gasteiger partial charge >= 0.3 is 0 Å². The lowest BCUT2D eigenvalue weighted by Crippen LogP contribution is -2.19. The van der Waals surface area contributed by atoms with E-state index in [4.69, 9.17) is 0 Å². The minimum atomic E-state index is -0.0496. The van der Waals surface area contributed by atoms with Crippen LogP contribution in [0.2, 0.25) is 0 Å². The molecule has 15 heavy (non-hydrogen) atoms. The molecule has 2 amide bonds. The van der Waals surface area contributed by atoms with Crippen LogP contribution in [0.25, 0.3) is 0 Å². The van der Waals surface area contributed by atoms with Crippen molar-refractivity contribution in [3.05, 3.63) is 35.4 Å². The molecule has 4 nitrogen and oxygen atoms in total. The summed E-state index contributed by atoms with van der Waals surface area (Å²) in [6.07, 6.45) is 0.667. The van der Waals surface area contributed by atoms with Crippen molar-refractivity contribution in [3.63, 3.8) is 0 Å². The van der Waals surface area contributed by atoms with E-state index in [1.165, 1.54) is 6.92 Å². The molecule has 0 bridgehead atoms. The topological polar surface area (TPSA) is 58.2 Å². The molecule has 0 unspecified atom stereocenters. The van der Waals surface area contributed by atoms with E-state index in [-0.39, 0.29) is 5.91 Å². The maximum Gasteiger partial charge on any atom is 0.217 e. The van der Waals surface area contributed by atoms with E-state index in [2.05, 4.69) is 10.6 Å². The molecule has 0 saturated carbocycles. The lowest BCUT2D eigenvalue weighted by Gasteiger charge is -2.05. The summed E-state index contributed by atoms with van der Waals surface area (Å²) in [4.78, 5) is 20.8. The van der Waals surface area contributed by atoms with Crippen LogP contribution < -0.4 is 10.6 Å². The zero-order valence-electron chi connectivity index (χ0n) is 8.62. The second-order valence-corrected chi connectivity index (χ2v) is 3.23. The Morgan fingerprint density at radius 3 is 2.60 bits per heavy atom. The summed E-state index contributed by atoms with van der Waals surface area (Å²) < 4.78 is 0. The highest BCUT2D eigenvalue weighted by molar-refractivity contribution is 5.72. The molecule has 1 aromatic carbocycles. The van der Waals surface area contributed by atoms with Crippen molar-refractivity contribution in [2.75, 3.05) is 0 Å². The molecule has 1 aromatic rings. The van der Waals surface area contributed by atoms with E-state index in [9.17, 15) is 9.59 Å². The maximum absolute atomic E-state index is 10.7. The Labute approximate surface area is 88.7 Å². The molecular formula is C11H14N2O2. The molecule has 1 rings (SSSR count). The van der Waals surface area contributed by atoms with Gasteiger partial charge in [0.1, 0.15) is 0 Å². The molecule has 0 saturated heterocycles. The van der Waals surface area contributed by atoms with Crippen molar-refractivity contribution in [2.24, 2.45) is 0 Å². The number of amides is 2. The first-order valence-electron chi connectivity index (χ1n) is 4.71. The standard InChI is InChI=1S/C11H14N2O2/c1-9(15)13-7-11-4-2-3-10(5-11)6-12-8-14/h2-5,8H,6-7H2,1H3,(H,12,14)(H,13,15). The summed E-state index contributed by atoms with van der Waals surface area (Å²) >= 11 is 0. The van der Waals surface area contributed by atoms with E-state index in [1.807, 2.05) is 24.3 Å². The minimum Gasteiger partial charge on any atom is -0.355 e. The first-order valence-corrected chi connectivity index (χ1v) is 4.71. The average molecular weight is 206 g/mol. The second kappa shape index (κ2) is 5.80. The highest BCUT2D eigenvalue weighted by atomic mass is 16.1. The van der Waals surface area contributed by atoms with Crippen LogP contribution >= 0.6 is 0 Å². The third-order valence-corrected chi connectivity index (χ3v) is 1.92. The number of carbonyl (C=O) groups is 2. The van der Waals surface area contributed by atoms with E-state index < -0.39 is 0 Å². The van der Waals surface area contributed by atoms with Gasteiger partial charge < -0.3 is 10.6 Å². The molecule has 0 aliphatic rings. The van der Waals surface area contributed by atoms with Gasteiger partial charge in [-0.3, -0.25) is 9.59 Å². The smallest absolute Gasteiger partial charge is 0.217 e. The summed E-state index contributed by atoms with van der Waals surface area (Å²) in [6.45, 7) is 2.51. The van der Waals surface area contributed by atoms with Crippen molar-refractivity contribution < 1.29 is 9.59 Å². The molecule has 80 valence electrons. The number of nitrogens with one attached hydrogen (secondary N) is 2. The average Bonchev–Trinajstić information content (AvgIpc) is 2.24. The lowest BCUT2D eigenvalue weighted by atomic mass is 10.1. The van der Waals surface area contributed by atoms with Crippen molar-refractivity contribution in [2.45, 2.75) is 20.0 Å². The summed E-state index contributed by atoms with van der Waals surface area (Å²) in [7, 11) is 0. The van der Waals surface area contributed by atoms with Crippen molar-refractivity contribution >= 4 is 12.3 Å². The number of carbonyl (C=O) groups excluding carboxylic acids is 2. The third-order valence-electron chi connectivity index (χ3n) is 1.92. The van der Waals surface area contributed by atoms with Gasteiger partial charge in [-0.25, -0.2) is 0 Å². The fraction of sp³-hybridized carbons (Fsp3) is 0.273. The molecule has 0 aliphatic heterocycles. The van der Waals surface area contributed by atoms with E-state index >= 15 is 0 Å². The van der Waals surface area contributed by atoms with Gasteiger partial charge in [0.25, 0.3) is 0 Å². The Balaban J connectivity index is 2.57. The summed E-state index contributed by atoms with van der Waals surface area (Å²) in [5.41, 5.74) is 2.04. The summed E-state index contributed by atoms with van der Waals surface area (Å²) in [6, 6.07) is 7.71. The first-order chi connectivity index (χ1) is 7.22. The zero-order chi connectivity index (χ0) is 11.1. The predicted octanol–water partition coefficient (Wildman–Crippen LogP) is 0.569. The number of hydrogen-bond donors (Lipinski definition) is 2. The van der Waals surface area contributed by atoms with Gasteiger partial charge in [0, 0.05) is 20.0 Å². The number of rotatable bonds is 5. The van der Waals surface area contributed by atoms with Crippen LogP contribution in [0, 0.1) is 0 Å². The first kappa shape index (κ1) is 11.2. The highest BCUT2D eigenvalue weighted by Gasteiger charge is 1.96. The SMILES string of the molecule is CC(=O)NCc1cccc(CNC=O)c1. The monoisotopic (exact) mass is 206 g/mol. The Hall–Kier alpha value is -1.84. The Morgan fingerprint density at radius 2 is 2.00 bits per heavy atom. The zero-order valence-corrected chi connectivity index (χ0v) is 8.62. The maximum atomic E-state index is 10.7. The van der Waals surface area contributed by atoms with Crippen LogP contribution in [-0.2, 0) is 22.7 Å². The van der Waals surface area contributed by atoms with Crippen molar-refractivity contribution in [3.8, 4) is 0 Å². The predicted molar refractivity (Wildman–Crippen MR) is 56.9 cm³/mol. The van der Waals surface area contributed by atoms with Crippen LogP contribution in [-0.4, -0.2) is 12.3 Å². The van der Waals surface area contributed by atoms with Crippen LogP contribution in [0.4, 0.5) is 0 Å². The number of benzene rings is 1. The van der Waals surface area contributed by atoms with Gasteiger partial charge in [-0.05, 0) is 11.1 Å². The summed E-state index contributed by atoms with van der Waals surface area (Å²) in [5, 5.41) is 5.30. The van der Waals surface area contributed by atoms with Gasteiger partial charge in [0.05, 0.1) is 0 Å². The fourth-order valence-corrected chi connectivity index (χ4v) is 1.24. The minimum absolute atomic E-state index is 0.0496. The van der Waals surface area contributed by atoms with Gasteiger partial charge in [0.15, 0.2) is 0 Å².